The summed E-state index contributed by atoms with van der Waals surface area (Å²) in [6.45, 7) is 4.99. The molecule has 1 aromatic carbocycles. The molecule has 1 aliphatic rings. The molecular formula is C21H22Cl2N4O2. The van der Waals surface area contributed by atoms with Gasteiger partial charge in [0.2, 0.25) is 0 Å². The number of rotatable bonds is 4. The molecule has 3 aromatic rings. The SMILES string of the molecule is CCN(CC)C(=O)Oc1nn(-c2ccccn2)c2c1-c1ccc(Cl)cc1CC2.Cl. The van der Waals surface area contributed by atoms with Crippen LogP contribution in [0.15, 0.2) is 42.6 Å². The number of aromatic nitrogens is 3. The van der Waals surface area contributed by atoms with E-state index in [-0.39, 0.29) is 12.4 Å². The Morgan fingerprint density at radius 2 is 2.00 bits per heavy atom. The Morgan fingerprint density at radius 1 is 1.21 bits per heavy atom. The van der Waals surface area contributed by atoms with Crippen LogP contribution in [0.2, 0.25) is 5.02 Å². The second-order valence-electron chi connectivity index (χ2n) is 6.57. The van der Waals surface area contributed by atoms with Crippen molar-refractivity contribution >= 4 is 30.1 Å². The Balaban J connectivity index is 0.00000240. The third-order valence-electron chi connectivity index (χ3n) is 4.99. The maximum Gasteiger partial charge on any atom is 0.416 e. The Hall–Kier alpha value is -2.57. The van der Waals surface area contributed by atoms with Crippen LogP contribution in [-0.4, -0.2) is 38.8 Å². The van der Waals surface area contributed by atoms with Crippen LogP contribution in [0, 0.1) is 0 Å². The molecule has 0 bridgehead atoms. The molecule has 0 fully saturated rings. The van der Waals surface area contributed by atoms with Gasteiger partial charge in [-0.3, -0.25) is 0 Å². The fourth-order valence-electron chi connectivity index (χ4n) is 3.57. The van der Waals surface area contributed by atoms with E-state index in [1.165, 1.54) is 0 Å². The van der Waals surface area contributed by atoms with Gasteiger partial charge in [-0.25, -0.2) is 14.5 Å². The highest BCUT2D eigenvalue weighted by Crippen LogP contribution is 2.41. The molecule has 8 heteroatoms. The molecule has 0 spiro atoms. The molecule has 0 saturated heterocycles. The molecule has 1 aliphatic carbocycles. The molecule has 1 amide bonds. The number of hydrogen-bond donors (Lipinski definition) is 0. The van der Waals surface area contributed by atoms with E-state index in [2.05, 4.69) is 10.1 Å². The van der Waals surface area contributed by atoms with Crippen LogP contribution in [0.3, 0.4) is 0 Å². The van der Waals surface area contributed by atoms with E-state index in [1.54, 1.807) is 15.8 Å². The topological polar surface area (TPSA) is 60.3 Å². The van der Waals surface area contributed by atoms with E-state index in [9.17, 15) is 4.79 Å². The predicted octanol–water partition coefficient (Wildman–Crippen LogP) is 4.95. The normalized spacial score (nSPS) is 11.8. The van der Waals surface area contributed by atoms with Crippen molar-refractivity contribution < 1.29 is 9.53 Å². The maximum absolute atomic E-state index is 12.6. The van der Waals surface area contributed by atoms with Crippen molar-refractivity contribution in [2.75, 3.05) is 13.1 Å². The van der Waals surface area contributed by atoms with Gasteiger partial charge >= 0.3 is 6.09 Å². The van der Waals surface area contributed by atoms with Crippen molar-refractivity contribution in [3.63, 3.8) is 0 Å². The lowest BCUT2D eigenvalue weighted by atomic mass is 9.89. The van der Waals surface area contributed by atoms with Crippen molar-refractivity contribution in [1.29, 1.82) is 0 Å². The molecule has 2 heterocycles. The second-order valence-corrected chi connectivity index (χ2v) is 7.00. The van der Waals surface area contributed by atoms with Gasteiger partial charge in [-0.15, -0.1) is 17.5 Å². The van der Waals surface area contributed by atoms with Crippen molar-refractivity contribution in [3.05, 3.63) is 58.9 Å². The molecule has 0 N–H and O–H groups in total. The Bertz CT molecular complexity index is 1020. The zero-order valence-electron chi connectivity index (χ0n) is 16.3. The first-order valence-corrected chi connectivity index (χ1v) is 9.79. The minimum atomic E-state index is -0.403. The van der Waals surface area contributed by atoms with Gasteiger partial charge in [0.25, 0.3) is 5.88 Å². The van der Waals surface area contributed by atoms with E-state index in [1.807, 2.05) is 50.2 Å². The van der Waals surface area contributed by atoms with Crippen molar-refractivity contribution in [2.45, 2.75) is 26.7 Å². The monoisotopic (exact) mass is 432 g/mol. The fourth-order valence-corrected chi connectivity index (χ4v) is 3.76. The lowest BCUT2D eigenvalue weighted by Crippen LogP contribution is -2.33. The molecule has 4 rings (SSSR count). The Morgan fingerprint density at radius 3 is 2.69 bits per heavy atom. The third-order valence-corrected chi connectivity index (χ3v) is 5.22. The van der Waals surface area contributed by atoms with E-state index in [0.717, 1.165) is 35.2 Å². The summed E-state index contributed by atoms with van der Waals surface area (Å²) in [4.78, 5) is 18.6. The Labute approximate surface area is 180 Å². The van der Waals surface area contributed by atoms with Crippen LogP contribution in [-0.2, 0) is 12.8 Å². The number of fused-ring (bicyclic) bond motifs is 3. The van der Waals surface area contributed by atoms with Gasteiger partial charge in [-0.1, -0.05) is 23.7 Å². The van der Waals surface area contributed by atoms with Crippen LogP contribution >= 0.6 is 24.0 Å². The first-order valence-electron chi connectivity index (χ1n) is 9.41. The highest BCUT2D eigenvalue weighted by Gasteiger charge is 2.29. The van der Waals surface area contributed by atoms with Gasteiger partial charge in [0.05, 0.1) is 11.3 Å². The standard InChI is InChI=1S/C21H21ClN4O2.ClH/c1-3-25(4-2)21(27)28-20-19-16-10-9-15(22)13-14(16)8-11-17(19)26(24-20)18-7-5-6-12-23-18;/h5-7,9-10,12-13H,3-4,8,11H2,1-2H3;1H. The summed E-state index contributed by atoms with van der Waals surface area (Å²) >= 11 is 6.19. The average Bonchev–Trinajstić information content (AvgIpc) is 3.08. The summed E-state index contributed by atoms with van der Waals surface area (Å²) in [5, 5.41) is 5.32. The second kappa shape index (κ2) is 8.84. The number of benzene rings is 1. The highest BCUT2D eigenvalue weighted by atomic mass is 35.5. The summed E-state index contributed by atoms with van der Waals surface area (Å²) < 4.78 is 7.52. The molecule has 0 saturated carbocycles. The van der Waals surface area contributed by atoms with Crippen LogP contribution in [0.25, 0.3) is 16.9 Å². The van der Waals surface area contributed by atoms with Gasteiger partial charge < -0.3 is 9.64 Å². The minimum absolute atomic E-state index is 0. The van der Waals surface area contributed by atoms with Crippen LogP contribution in [0.5, 0.6) is 5.88 Å². The van der Waals surface area contributed by atoms with Gasteiger partial charge in [-0.05, 0) is 62.1 Å². The lowest BCUT2D eigenvalue weighted by molar-refractivity contribution is 0.155. The van der Waals surface area contributed by atoms with E-state index in [0.29, 0.717) is 29.8 Å². The zero-order chi connectivity index (χ0) is 19.7. The highest BCUT2D eigenvalue weighted by molar-refractivity contribution is 6.30. The number of halogens is 2. The number of carbonyl (C=O) groups is 1. The molecule has 152 valence electrons. The number of pyridine rings is 1. The van der Waals surface area contributed by atoms with E-state index in [4.69, 9.17) is 16.3 Å². The van der Waals surface area contributed by atoms with Crippen molar-refractivity contribution in [2.24, 2.45) is 0 Å². The van der Waals surface area contributed by atoms with Crippen LogP contribution in [0.4, 0.5) is 4.79 Å². The minimum Gasteiger partial charge on any atom is -0.389 e. The van der Waals surface area contributed by atoms with E-state index >= 15 is 0 Å². The quantitative estimate of drug-likeness (QED) is 0.584. The summed E-state index contributed by atoms with van der Waals surface area (Å²) in [5.74, 6) is 1.00. The summed E-state index contributed by atoms with van der Waals surface area (Å²) in [7, 11) is 0. The Kier molecular flexibility index (Phi) is 6.45. The fraction of sp³-hybridized carbons (Fsp3) is 0.286. The molecule has 0 atom stereocenters. The smallest absolute Gasteiger partial charge is 0.389 e. The molecule has 29 heavy (non-hydrogen) atoms. The molecule has 0 unspecified atom stereocenters. The number of ether oxygens (including phenoxy) is 1. The number of hydrogen-bond acceptors (Lipinski definition) is 4. The maximum atomic E-state index is 12.6. The van der Waals surface area contributed by atoms with Gasteiger partial charge in [0, 0.05) is 24.3 Å². The van der Waals surface area contributed by atoms with Crippen LogP contribution < -0.4 is 4.74 Å². The predicted molar refractivity (Wildman–Crippen MR) is 115 cm³/mol. The average molecular weight is 433 g/mol. The molecule has 0 aliphatic heterocycles. The molecular weight excluding hydrogens is 411 g/mol. The molecule has 2 aromatic heterocycles. The first-order chi connectivity index (χ1) is 13.6. The van der Waals surface area contributed by atoms with Crippen LogP contribution in [0.1, 0.15) is 25.1 Å². The van der Waals surface area contributed by atoms with E-state index < -0.39 is 6.09 Å². The summed E-state index contributed by atoms with van der Waals surface area (Å²) in [6.07, 6.45) is 2.92. The number of amides is 1. The van der Waals surface area contributed by atoms with Crippen molar-refractivity contribution in [1.82, 2.24) is 19.7 Å². The van der Waals surface area contributed by atoms with Gasteiger partial charge in [-0.2, -0.15) is 0 Å². The molecule has 6 nitrogen and oxygen atoms in total. The summed E-state index contributed by atoms with van der Waals surface area (Å²) in [6, 6.07) is 11.4. The first kappa shape index (κ1) is 21.1. The third kappa shape index (κ3) is 3.95. The zero-order valence-corrected chi connectivity index (χ0v) is 17.8. The lowest BCUT2D eigenvalue weighted by Gasteiger charge is -2.20. The summed E-state index contributed by atoms with van der Waals surface area (Å²) in [5.41, 5.74) is 3.94. The largest absolute Gasteiger partial charge is 0.416 e. The number of nitrogens with zero attached hydrogens (tertiary/aromatic N) is 4. The van der Waals surface area contributed by atoms with Crippen molar-refractivity contribution in [3.8, 4) is 22.8 Å². The van der Waals surface area contributed by atoms with Gasteiger partial charge in [0.1, 0.15) is 0 Å². The van der Waals surface area contributed by atoms with Gasteiger partial charge in [0.15, 0.2) is 5.82 Å². The number of aryl methyl sites for hydroxylation is 1. The number of carbonyl (C=O) groups excluding carboxylic acids is 1. The molecule has 0 radical (unpaired) electrons.